The minimum absolute atomic E-state index is 0.0149. The number of allylic oxidation sites excluding steroid dienone is 1. The van der Waals surface area contributed by atoms with E-state index in [0.717, 1.165) is 32.2 Å². The zero-order valence-corrected chi connectivity index (χ0v) is 10.8. The monoisotopic (exact) mass is 213 g/mol. The second-order valence-corrected chi connectivity index (χ2v) is 3.95. The van der Waals surface area contributed by atoms with Crippen LogP contribution in [-0.4, -0.2) is 25.3 Å². The van der Waals surface area contributed by atoms with E-state index in [1.165, 1.54) is 0 Å². The smallest absolute Gasteiger partial charge is 0.0825 e. The molecule has 0 aliphatic heterocycles. The first-order valence-electron chi connectivity index (χ1n) is 6.10. The molecule has 0 heterocycles. The van der Waals surface area contributed by atoms with Crippen LogP contribution < -0.4 is 5.32 Å². The van der Waals surface area contributed by atoms with Gasteiger partial charge in [-0.3, -0.25) is 0 Å². The first-order valence-corrected chi connectivity index (χ1v) is 6.10. The van der Waals surface area contributed by atoms with Gasteiger partial charge in [0.2, 0.25) is 0 Å². The van der Waals surface area contributed by atoms with E-state index in [2.05, 4.69) is 32.7 Å². The number of likely N-dealkylation sites (N-methyl/N-ethyl adjacent to an activating group) is 1. The predicted octanol–water partition coefficient (Wildman–Crippen LogP) is 3.14. The molecule has 0 radical (unpaired) electrons. The molecule has 15 heavy (non-hydrogen) atoms. The van der Waals surface area contributed by atoms with Gasteiger partial charge in [0.1, 0.15) is 0 Å². The maximum absolute atomic E-state index is 5.75. The highest BCUT2D eigenvalue weighted by Crippen LogP contribution is 2.27. The molecule has 0 amide bonds. The summed E-state index contributed by atoms with van der Waals surface area (Å²) >= 11 is 0. The Balaban J connectivity index is 4.57. The molecule has 0 aliphatic carbocycles. The summed E-state index contributed by atoms with van der Waals surface area (Å²) in [5.41, 5.74) is -0.0149. The van der Waals surface area contributed by atoms with Gasteiger partial charge in [-0.2, -0.15) is 0 Å². The van der Waals surface area contributed by atoms with Crippen LogP contribution in [0, 0.1) is 0 Å². The maximum Gasteiger partial charge on any atom is 0.0825 e. The highest BCUT2D eigenvalue weighted by atomic mass is 16.5. The third-order valence-electron chi connectivity index (χ3n) is 3.35. The lowest BCUT2D eigenvalue weighted by atomic mass is 9.85. The number of methoxy groups -OCH3 is 1. The minimum Gasteiger partial charge on any atom is -0.377 e. The van der Waals surface area contributed by atoms with Gasteiger partial charge in [0.15, 0.2) is 0 Å². The molecular weight excluding hydrogens is 186 g/mol. The van der Waals surface area contributed by atoms with Crippen LogP contribution in [0.4, 0.5) is 0 Å². The molecule has 0 saturated carbocycles. The average molecular weight is 213 g/mol. The van der Waals surface area contributed by atoms with E-state index in [1.807, 2.05) is 13.2 Å². The lowest BCUT2D eigenvalue weighted by Crippen LogP contribution is -2.51. The number of nitrogens with one attached hydrogen (secondary N) is 1. The lowest BCUT2D eigenvalue weighted by molar-refractivity contribution is -0.0487. The molecule has 0 aromatic heterocycles. The quantitative estimate of drug-likeness (QED) is 0.594. The topological polar surface area (TPSA) is 21.3 Å². The van der Waals surface area contributed by atoms with Crippen LogP contribution >= 0.6 is 0 Å². The molecule has 0 bridgehead atoms. The number of hydrogen-bond donors (Lipinski definition) is 1. The van der Waals surface area contributed by atoms with Crippen molar-refractivity contribution in [1.82, 2.24) is 5.32 Å². The summed E-state index contributed by atoms with van der Waals surface area (Å²) in [5, 5.41) is 3.54. The van der Waals surface area contributed by atoms with Gasteiger partial charge in [-0.1, -0.05) is 26.8 Å². The standard InChI is InChI=1S/C13H27NO/c1-6-10-11-12(14-9-4)13(7-2,8-3)15-5/h6,12,14H,1,7-11H2,2-5H3. The second kappa shape index (κ2) is 7.89. The molecule has 1 atom stereocenters. The van der Waals surface area contributed by atoms with Crippen LogP contribution in [0.15, 0.2) is 12.7 Å². The van der Waals surface area contributed by atoms with E-state index >= 15 is 0 Å². The Hall–Kier alpha value is -0.340. The normalized spacial score (nSPS) is 13.9. The molecule has 90 valence electrons. The van der Waals surface area contributed by atoms with E-state index in [4.69, 9.17) is 4.74 Å². The van der Waals surface area contributed by atoms with Crippen molar-refractivity contribution >= 4 is 0 Å². The van der Waals surface area contributed by atoms with E-state index in [0.29, 0.717) is 6.04 Å². The summed E-state index contributed by atoms with van der Waals surface area (Å²) < 4.78 is 5.75. The van der Waals surface area contributed by atoms with Crippen LogP contribution in [0.3, 0.4) is 0 Å². The van der Waals surface area contributed by atoms with Crippen molar-refractivity contribution in [3.8, 4) is 0 Å². The van der Waals surface area contributed by atoms with Gasteiger partial charge in [0.05, 0.1) is 5.60 Å². The Morgan fingerprint density at radius 1 is 1.33 bits per heavy atom. The fourth-order valence-electron chi connectivity index (χ4n) is 2.26. The SMILES string of the molecule is C=CCCC(NCC)C(CC)(CC)OC. The molecule has 0 saturated heterocycles. The summed E-state index contributed by atoms with van der Waals surface area (Å²) in [7, 11) is 1.82. The Morgan fingerprint density at radius 2 is 1.93 bits per heavy atom. The van der Waals surface area contributed by atoms with Crippen LogP contribution in [0.25, 0.3) is 0 Å². The molecule has 0 spiro atoms. The Bertz CT molecular complexity index is 156. The van der Waals surface area contributed by atoms with Gasteiger partial charge in [-0.15, -0.1) is 6.58 Å². The highest BCUT2D eigenvalue weighted by molar-refractivity contribution is 4.92. The highest BCUT2D eigenvalue weighted by Gasteiger charge is 2.34. The average Bonchev–Trinajstić information content (AvgIpc) is 2.28. The largest absolute Gasteiger partial charge is 0.377 e. The van der Waals surface area contributed by atoms with Gasteiger partial charge in [-0.25, -0.2) is 0 Å². The molecule has 0 aromatic rings. The summed E-state index contributed by atoms with van der Waals surface area (Å²) in [5.74, 6) is 0. The molecule has 1 N–H and O–H groups in total. The molecule has 2 heteroatoms. The van der Waals surface area contributed by atoms with Gasteiger partial charge in [0.25, 0.3) is 0 Å². The van der Waals surface area contributed by atoms with Crippen molar-refractivity contribution in [2.24, 2.45) is 0 Å². The predicted molar refractivity (Wildman–Crippen MR) is 67.2 cm³/mol. The van der Waals surface area contributed by atoms with Crippen LogP contribution in [0.5, 0.6) is 0 Å². The van der Waals surface area contributed by atoms with Crippen LogP contribution in [0.1, 0.15) is 46.5 Å². The second-order valence-electron chi connectivity index (χ2n) is 3.95. The Labute approximate surface area is 95.1 Å². The zero-order chi connectivity index (χ0) is 11.7. The van der Waals surface area contributed by atoms with Crippen molar-refractivity contribution < 1.29 is 4.74 Å². The van der Waals surface area contributed by atoms with Gasteiger partial charge >= 0.3 is 0 Å². The third kappa shape index (κ3) is 3.96. The Morgan fingerprint density at radius 3 is 2.27 bits per heavy atom. The molecule has 2 nitrogen and oxygen atoms in total. The molecule has 1 unspecified atom stereocenters. The van der Waals surface area contributed by atoms with E-state index < -0.39 is 0 Å². The summed E-state index contributed by atoms with van der Waals surface area (Å²) in [4.78, 5) is 0. The fourth-order valence-corrected chi connectivity index (χ4v) is 2.26. The summed E-state index contributed by atoms with van der Waals surface area (Å²) in [6, 6.07) is 0.431. The first kappa shape index (κ1) is 14.7. The van der Waals surface area contributed by atoms with E-state index in [1.54, 1.807) is 0 Å². The van der Waals surface area contributed by atoms with E-state index in [-0.39, 0.29) is 5.60 Å². The van der Waals surface area contributed by atoms with Gasteiger partial charge < -0.3 is 10.1 Å². The number of hydrogen-bond acceptors (Lipinski definition) is 2. The summed E-state index contributed by atoms with van der Waals surface area (Å²) in [6.07, 6.45) is 6.23. The van der Waals surface area contributed by atoms with Gasteiger partial charge in [-0.05, 0) is 32.2 Å². The summed E-state index contributed by atoms with van der Waals surface area (Å²) in [6.45, 7) is 11.3. The van der Waals surface area contributed by atoms with E-state index in [9.17, 15) is 0 Å². The molecule has 0 aliphatic rings. The fraction of sp³-hybridized carbons (Fsp3) is 0.846. The van der Waals surface area contributed by atoms with Crippen LogP contribution in [-0.2, 0) is 4.74 Å². The molecule has 0 aromatic carbocycles. The molecular formula is C13H27NO. The Kier molecular flexibility index (Phi) is 7.71. The van der Waals surface area contributed by atoms with Crippen molar-refractivity contribution in [3.63, 3.8) is 0 Å². The molecule has 0 rings (SSSR count). The minimum atomic E-state index is -0.0149. The molecule has 0 fully saturated rings. The van der Waals surface area contributed by atoms with Crippen LogP contribution in [0.2, 0.25) is 0 Å². The lowest BCUT2D eigenvalue weighted by Gasteiger charge is -2.39. The number of rotatable bonds is 9. The van der Waals surface area contributed by atoms with Gasteiger partial charge in [0, 0.05) is 13.2 Å². The van der Waals surface area contributed by atoms with Crippen molar-refractivity contribution in [2.75, 3.05) is 13.7 Å². The van der Waals surface area contributed by atoms with Crippen molar-refractivity contribution in [1.29, 1.82) is 0 Å². The zero-order valence-electron chi connectivity index (χ0n) is 10.8. The van der Waals surface area contributed by atoms with Crippen molar-refractivity contribution in [3.05, 3.63) is 12.7 Å². The first-order chi connectivity index (χ1) is 7.20. The third-order valence-corrected chi connectivity index (χ3v) is 3.35. The van der Waals surface area contributed by atoms with Crippen molar-refractivity contribution in [2.45, 2.75) is 58.1 Å². The number of ether oxygens (including phenoxy) is 1. The maximum atomic E-state index is 5.75.